The van der Waals surface area contributed by atoms with Crippen molar-refractivity contribution in [3.63, 3.8) is 0 Å². The van der Waals surface area contributed by atoms with Crippen LogP contribution in [0.25, 0.3) is 0 Å². The van der Waals surface area contributed by atoms with Crippen molar-refractivity contribution < 1.29 is 4.79 Å². The minimum Gasteiger partial charge on any atom is -0.355 e. The molecule has 0 saturated carbocycles. The fourth-order valence-corrected chi connectivity index (χ4v) is 1.23. The molecule has 0 heterocycles. The maximum Gasteiger partial charge on any atom is 0.220 e. The van der Waals surface area contributed by atoms with E-state index in [1.54, 1.807) is 0 Å². The third-order valence-corrected chi connectivity index (χ3v) is 3.61. The van der Waals surface area contributed by atoms with Gasteiger partial charge in [0.1, 0.15) is 0 Å². The van der Waals surface area contributed by atoms with E-state index in [0.717, 1.165) is 19.4 Å². The number of rotatable bonds is 7. The van der Waals surface area contributed by atoms with Gasteiger partial charge in [-0.05, 0) is 12.3 Å². The SMILES string of the molecule is CCCCCC(=O)NCC(Br)C(C)C. The first-order chi connectivity index (χ1) is 6.57. The van der Waals surface area contributed by atoms with Crippen LogP contribution in [0.3, 0.4) is 0 Å². The number of halogens is 1. The van der Waals surface area contributed by atoms with Gasteiger partial charge in [0.15, 0.2) is 0 Å². The summed E-state index contributed by atoms with van der Waals surface area (Å²) < 4.78 is 0. The van der Waals surface area contributed by atoms with Gasteiger partial charge in [0.25, 0.3) is 0 Å². The third kappa shape index (κ3) is 7.36. The molecule has 84 valence electrons. The molecule has 1 amide bonds. The van der Waals surface area contributed by atoms with Gasteiger partial charge in [-0.1, -0.05) is 49.5 Å². The minimum atomic E-state index is 0.184. The van der Waals surface area contributed by atoms with Gasteiger partial charge in [-0.3, -0.25) is 4.79 Å². The highest BCUT2D eigenvalue weighted by atomic mass is 79.9. The molecule has 1 unspecified atom stereocenters. The summed E-state index contributed by atoms with van der Waals surface area (Å²) in [6.45, 7) is 7.17. The second-order valence-corrected chi connectivity index (χ2v) is 5.20. The lowest BCUT2D eigenvalue weighted by atomic mass is 10.1. The lowest BCUT2D eigenvalue weighted by molar-refractivity contribution is -0.121. The molecule has 0 saturated heterocycles. The van der Waals surface area contributed by atoms with Crippen molar-refractivity contribution in [1.82, 2.24) is 5.32 Å². The monoisotopic (exact) mass is 263 g/mol. The molecule has 2 nitrogen and oxygen atoms in total. The van der Waals surface area contributed by atoms with Crippen molar-refractivity contribution in [2.75, 3.05) is 6.54 Å². The van der Waals surface area contributed by atoms with Gasteiger partial charge in [-0.15, -0.1) is 0 Å². The lowest BCUT2D eigenvalue weighted by Gasteiger charge is -2.14. The first-order valence-electron chi connectivity index (χ1n) is 5.48. The summed E-state index contributed by atoms with van der Waals surface area (Å²) in [5.74, 6) is 0.745. The average molecular weight is 264 g/mol. The van der Waals surface area contributed by atoms with Crippen LogP contribution in [0.4, 0.5) is 0 Å². The minimum absolute atomic E-state index is 0.184. The molecule has 0 aromatic carbocycles. The van der Waals surface area contributed by atoms with E-state index in [0.29, 0.717) is 17.2 Å². The summed E-state index contributed by atoms with van der Waals surface area (Å²) in [5, 5.41) is 2.94. The van der Waals surface area contributed by atoms with E-state index >= 15 is 0 Å². The highest BCUT2D eigenvalue weighted by Gasteiger charge is 2.09. The maximum absolute atomic E-state index is 11.3. The lowest BCUT2D eigenvalue weighted by Crippen LogP contribution is -2.31. The molecule has 0 rings (SSSR count). The molecule has 0 aliphatic heterocycles. The van der Waals surface area contributed by atoms with Crippen molar-refractivity contribution in [3.05, 3.63) is 0 Å². The van der Waals surface area contributed by atoms with E-state index in [4.69, 9.17) is 0 Å². The summed E-state index contributed by atoms with van der Waals surface area (Å²) in [7, 11) is 0. The molecule has 1 N–H and O–H groups in total. The van der Waals surface area contributed by atoms with E-state index in [1.807, 2.05) is 0 Å². The zero-order valence-corrected chi connectivity index (χ0v) is 11.1. The number of carbonyl (C=O) groups excluding carboxylic acids is 1. The summed E-state index contributed by atoms with van der Waals surface area (Å²) >= 11 is 3.54. The zero-order valence-electron chi connectivity index (χ0n) is 9.48. The number of unbranched alkanes of at least 4 members (excludes halogenated alkanes) is 2. The molecule has 0 bridgehead atoms. The van der Waals surface area contributed by atoms with Crippen LogP contribution in [0.15, 0.2) is 0 Å². The Hall–Kier alpha value is -0.0500. The maximum atomic E-state index is 11.3. The van der Waals surface area contributed by atoms with Crippen molar-refractivity contribution >= 4 is 21.8 Å². The second-order valence-electron chi connectivity index (χ2n) is 4.02. The highest BCUT2D eigenvalue weighted by Crippen LogP contribution is 2.10. The number of nitrogens with one attached hydrogen (secondary N) is 1. The highest BCUT2D eigenvalue weighted by molar-refractivity contribution is 9.09. The standard InChI is InChI=1S/C11H22BrNO/c1-4-5-6-7-11(14)13-8-10(12)9(2)3/h9-10H,4-8H2,1-3H3,(H,13,14). The molecular formula is C11H22BrNO. The molecule has 0 aliphatic rings. The molecule has 0 aromatic heterocycles. The molecule has 0 aromatic rings. The van der Waals surface area contributed by atoms with Crippen LogP contribution in [0, 0.1) is 5.92 Å². The van der Waals surface area contributed by atoms with Gasteiger partial charge in [0.2, 0.25) is 5.91 Å². The average Bonchev–Trinajstić information content (AvgIpc) is 2.14. The molecule has 0 radical (unpaired) electrons. The van der Waals surface area contributed by atoms with E-state index in [9.17, 15) is 4.79 Å². The van der Waals surface area contributed by atoms with Gasteiger partial charge in [-0.2, -0.15) is 0 Å². The van der Waals surface area contributed by atoms with E-state index in [2.05, 4.69) is 42.0 Å². The quantitative estimate of drug-likeness (QED) is 0.555. The van der Waals surface area contributed by atoms with E-state index in [-0.39, 0.29) is 5.91 Å². The Morgan fingerprint density at radius 2 is 2.00 bits per heavy atom. The Kier molecular flexibility index (Phi) is 8.24. The number of hydrogen-bond acceptors (Lipinski definition) is 1. The molecule has 0 aliphatic carbocycles. The smallest absolute Gasteiger partial charge is 0.220 e. The van der Waals surface area contributed by atoms with Crippen LogP contribution in [-0.4, -0.2) is 17.3 Å². The van der Waals surface area contributed by atoms with Crippen molar-refractivity contribution in [1.29, 1.82) is 0 Å². The van der Waals surface area contributed by atoms with Crippen molar-refractivity contribution in [2.45, 2.75) is 51.3 Å². The Balaban J connectivity index is 3.44. The molecule has 1 atom stereocenters. The molecule has 3 heteroatoms. The summed E-state index contributed by atoms with van der Waals surface area (Å²) in [5.41, 5.74) is 0. The van der Waals surface area contributed by atoms with Gasteiger partial charge >= 0.3 is 0 Å². The van der Waals surface area contributed by atoms with Gasteiger partial charge in [0, 0.05) is 17.8 Å². The van der Waals surface area contributed by atoms with Crippen LogP contribution < -0.4 is 5.32 Å². The third-order valence-electron chi connectivity index (χ3n) is 2.23. The summed E-state index contributed by atoms with van der Waals surface area (Å²) in [6, 6.07) is 0. The van der Waals surface area contributed by atoms with Gasteiger partial charge in [-0.25, -0.2) is 0 Å². The number of hydrogen-bond donors (Lipinski definition) is 1. The van der Waals surface area contributed by atoms with Crippen LogP contribution in [0.2, 0.25) is 0 Å². The van der Waals surface area contributed by atoms with E-state index in [1.165, 1.54) is 6.42 Å². The number of amides is 1. The van der Waals surface area contributed by atoms with Crippen LogP contribution in [0.1, 0.15) is 46.5 Å². The topological polar surface area (TPSA) is 29.1 Å². The predicted octanol–water partition coefficient (Wildman–Crippen LogP) is 3.10. The Labute approximate surface area is 96.0 Å². The van der Waals surface area contributed by atoms with Crippen LogP contribution >= 0.6 is 15.9 Å². The molecular weight excluding hydrogens is 242 g/mol. The Morgan fingerprint density at radius 3 is 2.50 bits per heavy atom. The molecule has 0 fully saturated rings. The number of alkyl halides is 1. The van der Waals surface area contributed by atoms with Gasteiger partial charge < -0.3 is 5.32 Å². The fourth-order valence-electron chi connectivity index (χ4n) is 1.07. The fraction of sp³-hybridized carbons (Fsp3) is 0.909. The Morgan fingerprint density at radius 1 is 1.36 bits per heavy atom. The largest absolute Gasteiger partial charge is 0.355 e. The van der Waals surface area contributed by atoms with Gasteiger partial charge in [0.05, 0.1) is 0 Å². The van der Waals surface area contributed by atoms with Crippen LogP contribution in [0.5, 0.6) is 0 Å². The first-order valence-corrected chi connectivity index (χ1v) is 6.40. The van der Waals surface area contributed by atoms with E-state index < -0.39 is 0 Å². The molecule has 0 spiro atoms. The first kappa shape index (κ1) is 13.9. The molecule has 14 heavy (non-hydrogen) atoms. The summed E-state index contributed by atoms with van der Waals surface area (Å²) in [6.07, 6.45) is 4.00. The van der Waals surface area contributed by atoms with Crippen molar-refractivity contribution in [3.8, 4) is 0 Å². The summed E-state index contributed by atoms with van der Waals surface area (Å²) in [4.78, 5) is 11.7. The van der Waals surface area contributed by atoms with Crippen molar-refractivity contribution in [2.24, 2.45) is 5.92 Å². The second kappa shape index (κ2) is 8.27. The Bertz CT molecular complexity index is 159. The normalized spacial score (nSPS) is 12.9. The zero-order chi connectivity index (χ0) is 11.0. The number of carbonyl (C=O) groups is 1. The van der Waals surface area contributed by atoms with Crippen LogP contribution in [-0.2, 0) is 4.79 Å². The predicted molar refractivity (Wildman–Crippen MR) is 64.7 cm³/mol.